The first-order chi connectivity index (χ1) is 11.6. The Labute approximate surface area is 145 Å². The maximum Gasteiger partial charge on any atom is 0.191 e. The summed E-state index contributed by atoms with van der Waals surface area (Å²) in [5.41, 5.74) is 5.83. The normalized spacial score (nSPS) is 11.6. The number of nitrogens with one attached hydrogen (secondary N) is 3. The number of aromatic amines is 1. The summed E-state index contributed by atoms with van der Waals surface area (Å²) < 4.78 is 0. The molecule has 5 heteroatoms. The van der Waals surface area contributed by atoms with Gasteiger partial charge in [0.05, 0.1) is 12.2 Å². The third-order valence-electron chi connectivity index (χ3n) is 4.08. The predicted octanol–water partition coefficient (Wildman–Crippen LogP) is 3.37. The van der Waals surface area contributed by atoms with Crippen LogP contribution in [0.4, 0.5) is 0 Å². The van der Waals surface area contributed by atoms with Crippen LogP contribution in [0.1, 0.15) is 47.8 Å². The Bertz CT molecular complexity index is 635. The van der Waals surface area contributed by atoms with Gasteiger partial charge in [-0.25, -0.2) is 4.99 Å². The number of unbranched alkanes of at least 4 members (excludes halogenated alkanes) is 1. The van der Waals surface area contributed by atoms with E-state index in [-0.39, 0.29) is 0 Å². The van der Waals surface area contributed by atoms with Gasteiger partial charge in [0, 0.05) is 24.3 Å². The molecule has 0 fully saturated rings. The molecular weight excluding hydrogens is 298 g/mol. The van der Waals surface area contributed by atoms with E-state index in [1.54, 1.807) is 0 Å². The zero-order chi connectivity index (χ0) is 17.4. The van der Waals surface area contributed by atoms with Crippen molar-refractivity contribution < 1.29 is 0 Å². The van der Waals surface area contributed by atoms with E-state index >= 15 is 0 Å². The van der Waals surface area contributed by atoms with Gasteiger partial charge in [0.1, 0.15) is 0 Å². The van der Waals surface area contributed by atoms with Gasteiger partial charge in [0.25, 0.3) is 0 Å². The molecule has 0 aliphatic heterocycles. The summed E-state index contributed by atoms with van der Waals surface area (Å²) in [6, 6.07) is 8.51. The van der Waals surface area contributed by atoms with Crippen LogP contribution in [0.2, 0.25) is 0 Å². The molecule has 1 aromatic carbocycles. The molecule has 2 rings (SSSR count). The Morgan fingerprint density at radius 3 is 2.50 bits per heavy atom. The van der Waals surface area contributed by atoms with Gasteiger partial charge in [-0.2, -0.15) is 5.10 Å². The number of hydrogen-bond acceptors (Lipinski definition) is 2. The van der Waals surface area contributed by atoms with Crippen LogP contribution in [0.25, 0.3) is 0 Å². The van der Waals surface area contributed by atoms with Gasteiger partial charge in [-0.1, -0.05) is 43.2 Å². The van der Waals surface area contributed by atoms with Gasteiger partial charge in [-0.3, -0.25) is 5.10 Å². The Morgan fingerprint density at radius 1 is 1.12 bits per heavy atom. The zero-order valence-corrected chi connectivity index (χ0v) is 15.2. The van der Waals surface area contributed by atoms with Crippen molar-refractivity contribution in [3.63, 3.8) is 0 Å². The molecule has 1 aromatic heterocycles. The summed E-state index contributed by atoms with van der Waals surface area (Å²) in [7, 11) is 0. The summed E-state index contributed by atoms with van der Waals surface area (Å²) in [6.07, 6.45) is 2.30. The minimum absolute atomic E-state index is 0.672. The lowest BCUT2D eigenvalue weighted by atomic mass is 10.1. The molecule has 3 N–H and O–H groups in total. The van der Waals surface area contributed by atoms with E-state index in [9.17, 15) is 0 Å². The van der Waals surface area contributed by atoms with E-state index in [2.05, 4.69) is 58.9 Å². The lowest BCUT2D eigenvalue weighted by molar-refractivity contribution is 0.723. The number of aromatic nitrogens is 2. The standard InChI is InChI=1S/C19H29N5/c1-5-6-11-20-19(21-12-17-9-7-14(2)8-10-17)22-13-18-15(3)23-24-16(18)4/h7-10H,5-6,11-13H2,1-4H3,(H,23,24)(H2,20,21,22). The summed E-state index contributed by atoms with van der Waals surface area (Å²) >= 11 is 0. The van der Waals surface area contributed by atoms with Gasteiger partial charge >= 0.3 is 0 Å². The summed E-state index contributed by atoms with van der Waals surface area (Å²) in [4.78, 5) is 4.72. The van der Waals surface area contributed by atoms with Crippen molar-refractivity contribution in [2.45, 2.75) is 53.6 Å². The maximum absolute atomic E-state index is 4.72. The highest BCUT2D eigenvalue weighted by Gasteiger charge is 2.07. The number of hydrogen-bond donors (Lipinski definition) is 3. The Balaban J connectivity index is 2.00. The molecule has 1 heterocycles. The predicted molar refractivity (Wildman–Crippen MR) is 100 cm³/mol. The van der Waals surface area contributed by atoms with Crippen molar-refractivity contribution in [2.75, 3.05) is 6.54 Å². The third kappa shape index (κ3) is 5.41. The number of guanidine groups is 1. The molecule has 2 aromatic rings. The van der Waals surface area contributed by atoms with E-state index in [0.717, 1.165) is 43.3 Å². The summed E-state index contributed by atoms with van der Waals surface area (Å²) in [6.45, 7) is 10.7. The Morgan fingerprint density at radius 2 is 1.88 bits per heavy atom. The van der Waals surface area contributed by atoms with Gasteiger partial charge in [0.2, 0.25) is 0 Å². The number of aliphatic imine (C=N–C) groups is 1. The molecule has 0 bridgehead atoms. The monoisotopic (exact) mass is 327 g/mol. The second-order valence-corrected chi connectivity index (χ2v) is 6.20. The van der Waals surface area contributed by atoms with Crippen molar-refractivity contribution in [1.82, 2.24) is 20.8 Å². The van der Waals surface area contributed by atoms with Crippen LogP contribution in [0.3, 0.4) is 0 Å². The quantitative estimate of drug-likeness (QED) is 0.415. The van der Waals surface area contributed by atoms with Crippen LogP contribution < -0.4 is 10.6 Å². The molecule has 0 aliphatic carbocycles. The largest absolute Gasteiger partial charge is 0.356 e. The number of H-pyrrole nitrogens is 1. The molecular formula is C19H29N5. The molecule has 130 valence electrons. The van der Waals surface area contributed by atoms with Crippen LogP contribution in [0.5, 0.6) is 0 Å². The molecule has 0 saturated carbocycles. The fourth-order valence-electron chi connectivity index (χ4n) is 2.43. The first kappa shape index (κ1) is 18.0. The fraction of sp³-hybridized carbons (Fsp3) is 0.474. The SMILES string of the molecule is CCCCNC(=NCc1ccc(C)cc1)NCc1c(C)n[nH]c1C. The third-order valence-corrected chi connectivity index (χ3v) is 4.08. The lowest BCUT2D eigenvalue weighted by Crippen LogP contribution is -2.37. The average Bonchev–Trinajstić information content (AvgIpc) is 2.90. The van der Waals surface area contributed by atoms with Crippen molar-refractivity contribution in [1.29, 1.82) is 0 Å². The first-order valence-electron chi connectivity index (χ1n) is 8.68. The summed E-state index contributed by atoms with van der Waals surface area (Å²) in [5, 5.41) is 14.1. The van der Waals surface area contributed by atoms with Crippen LogP contribution >= 0.6 is 0 Å². The Hall–Kier alpha value is -2.30. The highest BCUT2D eigenvalue weighted by Crippen LogP contribution is 2.08. The molecule has 24 heavy (non-hydrogen) atoms. The first-order valence-corrected chi connectivity index (χ1v) is 8.68. The van der Waals surface area contributed by atoms with Gasteiger partial charge in [0.15, 0.2) is 5.96 Å². The molecule has 0 spiro atoms. The van der Waals surface area contributed by atoms with Crippen molar-refractivity contribution >= 4 is 5.96 Å². The van der Waals surface area contributed by atoms with Gasteiger partial charge in [-0.15, -0.1) is 0 Å². The molecule has 0 saturated heterocycles. The second-order valence-electron chi connectivity index (χ2n) is 6.20. The average molecular weight is 327 g/mol. The fourth-order valence-corrected chi connectivity index (χ4v) is 2.43. The van der Waals surface area contributed by atoms with Crippen molar-refractivity contribution in [3.8, 4) is 0 Å². The minimum atomic E-state index is 0.672. The highest BCUT2D eigenvalue weighted by atomic mass is 15.2. The Kier molecular flexibility index (Phi) is 6.85. The van der Waals surface area contributed by atoms with Crippen LogP contribution in [-0.4, -0.2) is 22.7 Å². The molecule has 0 unspecified atom stereocenters. The van der Waals surface area contributed by atoms with Crippen LogP contribution in [-0.2, 0) is 13.1 Å². The lowest BCUT2D eigenvalue weighted by Gasteiger charge is -2.13. The molecule has 5 nitrogen and oxygen atoms in total. The van der Waals surface area contributed by atoms with Gasteiger partial charge in [-0.05, 0) is 32.8 Å². The number of nitrogens with zero attached hydrogens (tertiary/aromatic N) is 2. The van der Waals surface area contributed by atoms with Gasteiger partial charge < -0.3 is 10.6 Å². The topological polar surface area (TPSA) is 65.1 Å². The number of aryl methyl sites for hydroxylation is 3. The molecule has 0 aliphatic rings. The number of benzene rings is 1. The van der Waals surface area contributed by atoms with E-state index in [4.69, 9.17) is 4.99 Å². The summed E-state index contributed by atoms with van der Waals surface area (Å²) in [5.74, 6) is 0.851. The van der Waals surface area contributed by atoms with Crippen molar-refractivity contribution in [3.05, 3.63) is 52.3 Å². The minimum Gasteiger partial charge on any atom is -0.356 e. The van der Waals surface area contributed by atoms with E-state index in [0.29, 0.717) is 6.54 Å². The molecule has 0 amide bonds. The second kappa shape index (κ2) is 9.11. The maximum atomic E-state index is 4.72. The van der Waals surface area contributed by atoms with Crippen LogP contribution in [0, 0.1) is 20.8 Å². The van der Waals surface area contributed by atoms with E-state index in [1.807, 2.05) is 13.8 Å². The highest BCUT2D eigenvalue weighted by molar-refractivity contribution is 5.79. The van der Waals surface area contributed by atoms with Crippen molar-refractivity contribution in [2.24, 2.45) is 4.99 Å². The molecule has 0 radical (unpaired) electrons. The van der Waals surface area contributed by atoms with E-state index in [1.165, 1.54) is 16.7 Å². The van der Waals surface area contributed by atoms with Crippen LogP contribution in [0.15, 0.2) is 29.3 Å². The zero-order valence-electron chi connectivity index (χ0n) is 15.2. The van der Waals surface area contributed by atoms with E-state index < -0.39 is 0 Å². The molecule has 0 atom stereocenters. The number of rotatable bonds is 7. The smallest absolute Gasteiger partial charge is 0.191 e.